The number of anilines is 3. The van der Waals surface area contributed by atoms with Crippen LogP contribution in [-0.4, -0.2) is 16.9 Å². The molecular formula is C20H15ClN4O4. The SMILES string of the molecule is O=C(Nc1ccc(NC(=O)c2ccc(Cl)cc2)cc1)Nc1ccccc1[N+](=O)[O-]. The van der Waals surface area contributed by atoms with Crippen LogP contribution in [0.1, 0.15) is 10.4 Å². The van der Waals surface area contributed by atoms with Crippen molar-refractivity contribution in [2.45, 2.75) is 0 Å². The number of halogens is 1. The van der Waals surface area contributed by atoms with Crippen molar-refractivity contribution in [3.05, 3.63) is 93.5 Å². The molecule has 146 valence electrons. The molecule has 0 atom stereocenters. The average molecular weight is 411 g/mol. The van der Waals surface area contributed by atoms with Crippen LogP contribution in [-0.2, 0) is 0 Å². The van der Waals surface area contributed by atoms with Gasteiger partial charge in [-0.25, -0.2) is 4.79 Å². The van der Waals surface area contributed by atoms with Gasteiger partial charge in [0.15, 0.2) is 0 Å². The topological polar surface area (TPSA) is 113 Å². The van der Waals surface area contributed by atoms with Crippen molar-refractivity contribution < 1.29 is 14.5 Å². The molecule has 0 saturated carbocycles. The summed E-state index contributed by atoms with van der Waals surface area (Å²) in [5.74, 6) is -0.295. The Morgan fingerprint density at radius 3 is 2.00 bits per heavy atom. The number of nitro groups is 1. The molecule has 3 amide bonds. The number of benzene rings is 3. The lowest BCUT2D eigenvalue weighted by Gasteiger charge is -2.09. The number of rotatable bonds is 5. The van der Waals surface area contributed by atoms with E-state index < -0.39 is 11.0 Å². The van der Waals surface area contributed by atoms with Crippen molar-refractivity contribution in [1.29, 1.82) is 0 Å². The molecule has 29 heavy (non-hydrogen) atoms. The second-order valence-corrected chi connectivity index (χ2v) is 6.33. The van der Waals surface area contributed by atoms with Gasteiger partial charge in [-0.05, 0) is 54.6 Å². The first kappa shape index (κ1) is 19.8. The number of para-hydroxylation sites is 2. The Hall–Kier alpha value is -3.91. The maximum absolute atomic E-state index is 12.2. The standard InChI is InChI=1S/C20H15ClN4O4/c21-14-7-5-13(6-8-14)19(26)22-15-9-11-16(12-10-15)23-20(27)24-17-3-1-2-4-18(17)25(28)29/h1-12H,(H,22,26)(H2,23,24,27). The van der Waals surface area contributed by atoms with E-state index in [9.17, 15) is 19.7 Å². The average Bonchev–Trinajstić information content (AvgIpc) is 2.70. The summed E-state index contributed by atoms with van der Waals surface area (Å²) < 4.78 is 0. The molecular weight excluding hydrogens is 396 g/mol. The van der Waals surface area contributed by atoms with Crippen LogP contribution in [0.25, 0.3) is 0 Å². The van der Waals surface area contributed by atoms with Gasteiger partial charge in [0.2, 0.25) is 0 Å². The largest absolute Gasteiger partial charge is 0.323 e. The quantitative estimate of drug-likeness (QED) is 0.399. The summed E-state index contributed by atoms with van der Waals surface area (Å²) in [6.45, 7) is 0. The molecule has 0 aliphatic rings. The Labute approximate surface area is 170 Å². The molecule has 0 aliphatic carbocycles. The molecule has 0 fully saturated rings. The molecule has 3 aromatic carbocycles. The Kier molecular flexibility index (Phi) is 6.06. The van der Waals surface area contributed by atoms with Gasteiger partial charge in [0, 0.05) is 28.0 Å². The molecule has 0 saturated heterocycles. The molecule has 0 spiro atoms. The first-order chi connectivity index (χ1) is 13.9. The number of carbonyl (C=O) groups is 2. The van der Waals surface area contributed by atoms with Crippen LogP contribution >= 0.6 is 11.6 Å². The van der Waals surface area contributed by atoms with E-state index in [4.69, 9.17) is 11.6 Å². The van der Waals surface area contributed by atoms with E-state index >= 15 is 0 Å². The number of nitro benzene ring substituents is 1. The summed E-state index contributed by atoms with van der Waals surface area (Å²) in [6, 6.07) is 18.1. The van der Waals surface area contributed by atoms with Gasteiger partial charge in [-0.1, -0.05) is 23.7 Å². The number of hydrogen-bond donors (Lipinski definition) is 3. The maximum Gasteiger partial charge on any atom is 0.323 e. The molecule has 0 bridgehead atoms. The van der Waals surface area contributed by atoms with Crippen molar-refractivity contribution in [2.75, 3.05) is 16.0 Å². The first-order valence-electron chi connectivity index (χ1n) is 8.41. The van der Waals surface area contributed by atoms with Gasteiger partial charge < -0.3 is 16.0 Å². The van der Waals surface area contributed by atoms with Gasteiger partial charge in [0.1, 0.15) is 5.69 Å². The highest BCUT2D eigenvalue weighted by Crippen LogP contribution is 2.23. The normalized spacial score (nSPS) is 10.1. The van der Waals surface area contributed by atoms with Crippen LogP contribution in [0.2, 0.25) is 5.02 Å². The lowest BCUT2D eigenvalue weighted by Crippen LogP contribution is -2.20. The van der Waals surface area contributed by atoms with Gasteiger partial charge in [-0.15, -0.1) is 0 Å². The highest BCUT2D eigenvalue weighted by Gasteiger charge is 2.14. The molecule has 0 radical (unpaired) electrons. The molecule has 0 heterocycles. The van der Waals surface area contributed by atoms with Crippen molar-refractivity contribution in [3.8, 4) is 0 Å². The van der Waals surface area contributed by atoms with Crippen LogP contribution in [0.15, 0.2) is 72.8 Å². The van der Waals surface area contributed by atoms with E-state index in [1.165, 1.54) is 18.2 Å². The minimum Gasteiger partial charge on any atom is -0.322 e. The van der Waals surface area contributed by atoms with Crippen molar-refractivity contribution in [3.63, 3.8) is 0 Å². The Morgan fingerprint density at radius 1 is 0.793 bits per heavy atom. The molecule has 0 aliphatic heterocycles. The zero-order chi connectivity index (χ0) is 20.8. The Morgan fingerprint density at radius 2 is 1.38 bits per heavy atom. The number of urea groups is 1. The molecule has 3 aromatic rings. The van der Waals surface area contributed by atoms with Crippen LogP contribution < -0.4 is 16.0 Å². The third-order valence-corrected chi connectivity index (χ3v) is 4.11. The Bertz CT molecular complexity index is 1050. The monoisotopic (exact) mass is 410 g/mol. The molecule has 0 aromatic heterocycles. The van der Waals surface area contributed by atoms with Gasteiger partial charge in [-0.3, -0.25) is 14.9 Å². The number of hydrogen-bond acceptors (Lipinski definition) is 4. The minimum atomic E-state index is -0.628. The summed E-state index contributed by atoms with van der Waals surface area (Å²) in [5.41, 5.74) is 1.32. The van der Waals surface area contributed by atoms with Gasteiger partial charge in [0.25, 0.3) is 11.6 Å². The summed E-state index contributed by atoms with van der Waals surface area (Å²) in [7, 11) is 0. The van der Waals surface area contributed by atoms with Crippen LogP contribution in [0, 0.1) is 10.1 Å². The van der Waals surface area contributed by atoms with Crippen molar-refractivity contribution in [2.24, 2.45) is 0 Å². The highest BCUT2D eigenvalue weighted by atomic mass is 35.5. The van der Waals surface area contributed by atoms with E-state index in [1.807, 2.05) is 0 Å². The molecule has 0 unspecified atom stereocenters. The van der Waals surface area contributed by atoms with E-state index in [0.717, 1.165) is 0 Å². The second-order valence-electron chi connectivity index (χ2n) is 5.89. The molecule has 3 N–H and O–H groups in total. The second kappa shape index (κ2) is 8.85. The Balaban J connectivity index is 1.60. The molecule has 9 heteroatoms. The fourth-order valence-electron chi connectivity index (χ4n) is 2.46. The first-order valence-corrected chi connectivity index (χ1v) is 8.78. The van der Waals surface area contributed by atoms with Crippen molar-refractivity contribution in [1.82, 2.24) is 0 Å². The smallest absolute Gasteiger partial charge is 0.322 e. The van der Waals surface area contributed by atoms with Crippen LogP contribution in [0.3, 0.4) is 0 Å². The summed E-state index contributed by atoms with van der Waals surface area (Å²) in [5, 5.41) is 19.3. The van der Waals surface area contributed by atoms with Gasteiger partial charge in [0.05, 0.1) is 4.92 Å². The van der Waals surface area contributed by atoms with Gasteiger partial charge >= 0.3 is 6.03 Å². The van der Waals surface area contributed by atoms with Crippen molar-refractivity contribution >= 4 is 46.3 Å². The van der Waals surface area contributed by atoms with Crippen LogP contribution in [0.5, 0.6) is 0 Å². The van der Waals surface area contributed by atoms with E-state index in [1.54, 1.807) is 54.6 Å². The van der Waals surface area contributed by atoms with E-state index in [2.05, 4.69) is 16.0 Å². The number of amides is 3. The summed E-state index contributed by atoms with van der Waals surface area (Å²) in [6.07, 6.45) is 0. The number of carbonyl (C=O) groups excluding carboxylic acids is 2. The fraction of sp³-hybridized carbons (Fsp3) is 0. The number of nitrogens with one attached hydrogen (secondary N) is 3. The summed E-state index contributed by atoms with van der Waals surface area (Å²) >= 11 is 5.81. The molecule has 8 nitrogen and oxygen atoms in total. The highest BCUT2D eigenvalue weighted by molar-refractivity contribution is 6.30. The zero-order valence-corrected chi connectivity index (χ0v) is 15.6. The fourth-order valence-corrected chi connectivity index (χ4v) is 2.59. The third-order valence-electron chi connectivity index (χ3n) is 3.86. The van der Waals surface area contributed by atoms with E-state index in [0.29, 0.717) is 22.0 Å². The number of nitrogens with zero attached hydrogens (tertiary/aromatic N) is 1. The lowest BCUT2D eigenvalue weighted by molar-refractivity contribution is -0.383. The van der Waals surface area contributed by atoms with Crippen LogP contribution in [0.4, 0.5) is 27.5 Å². The zero-order valence-electron chi connectivity index (χ0n) is 14.9. The molecule has 3 rings (SSSR count). The summed E-state index contributed by atoms with van der Waals surface area (Å²) in [4.78, 5) is 34.7. The predicted molar refractivity (Wildman–Crippen MR) is 112 cm³/mol. The predicted octanol–water partition coefficient (Wildman–Crippen LogP) is 5.14. The maximum atomic E-state index is 12.2. The van der Waals surface area contributed by atoms with Gasteiger partial charge in [-0.2, -0.15) is 0 Å². The third kappa shape index (κ3) is 5.30. The minimum absolute atomic E-state index is 0.0850. The lowest BCUT2D eigenvalue weighted by atomic mass is 10.2. The van der Waals surface area contributed by atoms with E-state index in [-0.39, 0.29) is 17.3 Å².